The van der Waals surface area contributed by atoms with Crippen LogP contribution in [0.2, 0.25) is 0 Å². The molecule has 1 N–H and O–H groups in total. The lowest BCUT2D eigenvalue weighted by Crippen LogP contribution is -2.23. The summed E-state index contributed by atoms with van der Waals surface area (Å²) >= 11 is 0. The molecule has 27 heavy (non-hydrogen) atoms. The van der Waals surface area contributed by atoms with Crippen LogP contribution in [0, 0.1) is 5.82 Å². The van der Waals surface area contributed by atoms with Crippen molar-refractivity contribution >= 4 is 23.2 Å². The van der Waals surface area contributed by atoms with Crippen LogP contribution in [0.5, 0.6) is 0 Å². The van der Waals surface area contributed by atoms with Crippen LogP contribution < -0.4 is 5.43 Å². The lowest BCUT2D eigenvalue weighted by molar-refractivity contribution is -0.121. The molecule has 0 aliphatic rings. The molecule has 0 spiro atoms. The quantitative estimate of drug-likeness (QED) is 0.436. The number of aromatic nitrogens is 3. The van der Waals surface area contributed by atoms with Crippen molar-refractivity contribution in [2.24, 2.45) is 5.10 Å². The molecule has 0 saturated heterocycles. The molecule has 2 aromatic heterocycles. The van der Waals surface area contributed by atoms with Gasteiger partial charge in [0.1, 0.15) is 29.4 Å². The first kappa shape index (κ1) is 16.6. The molecule has 0 atom stereocenters. The minimum absolute atomic E-state index is 0.0174. The van der Waals surface area contributed by atoms with Gasteiger partial charge in [0, 0.05) is 0 Å². The van der Waals surface area contributed by atoms with Crippen molar-refractivity contribution in [1.29, 1.82) is 0 Å². The first-order valence-electron chi connectivity index (χ1n) is 8.15. The van der Waals surface area contributed by atoms with Crippen LogP contribution in [0.3, 0.4) is 0 Å². The van der Waals surface area contributed by atoms with Gasteiger partial charge in [0.2, 0.25) is 0 Å². The number of furan rings is 1. The normalized spacial score (nSPS) is 11.3. The van der Waals surface area contributed by atoms with Gasteiger partial charge in [0.25, 0.3) is 5.91 Å². The van der Waals surface area contributed by atoms with Crippen LogP contribution in [-0.4, -0.2) is 27.1 Å². The molecule has 0 fully saturated rings. The fourth-order valence-electron chi connectivity index (χ4n) is 2.60. The van der Waals surface area contributed by atoms with Gasteiger partial charge in [-0.1, -0.05) is 29.5 Å². The molecule has 8 heteroatoms. The molecule has 0 radical (unpaired) electrons. The van der Waals surface area contributed by atoms with Gasteiger partial charge in [-0.25, -0.2) is 14.5 Å². The van der Waals surface area contributed by atoms with Crippen molar-refractivity contribution in [1.82, 2.24) is 20.4 Å². The second-order valence-corrected chi connectivity index (χ2v) is 5.71. The number of amides is 1. The molecule has 0 unspecified atom stereocenters. The second-order valence-electron chi connectivity index (χ2n) is 5.71. The summed E-state index contributed by atoms with van der Waals surface area (Å²) in [6.45, 7) is -0.0174. The summed E-state index contributed by atoms with van der Waals surface area (Å²) in [6, 6.07) is 17.0. The zero-order valence-corrected chi connectivity index (χ0v) is 14.0. The highest BCUT2D eigenvalue weighted by Gasteiger charge is 2.09. The van der Waals surface area contributed by atoms with Crippen molar-refractivity contribution in [3.8, 4) is 11.3 Å². The summed E-state index contributed by atoms with van der Waals surface area (Å²) in [7, 11) is 0. The van der Waals surface area contributed by atoms with Crippen LogP contribution in [0.15, 0.2) is 70.2 Å². The average molecular weight is 363 g/mol. The van der Waals surface area contributed by atoms with Crippen molar-refractivity contribution in [2.45, 2.75) is 6.54 Å². The monoisotopic (exact) mass is 363 g/mol. The molecule has 4 rings (SSSR count). The predicted molar refractivity (Wildman–Crippen MR) is 97.4 cm³/mol. The number of para-hydroxylation sites is 1. The first-order valence-corrected chi connectivity index (χ1v) is 8.15. The van der Waals surface area contributed by atoms with E-state index in [1.807, 2.05) is 24.3 Å². The number of hydrogen-bond donors (Lipinski definition) is 1. The zero-order valence-electron chi connectivity index (χ0n) is 14.0. The Hall–Kier alpha value is -3.81. The van der Waals surface area contributed by atoms with Crippen LogP contribution >= 0.6 is 0 Å². The Morgan fingerprint density at radius 1 is 1.15 bits per heavy atom. The van der Waals surface area contributed by atoms with Crippen LogP contribution in [-0.2, 0) is 11.3 Å². The molecule has 4 aromatic rings. The Balaban J connectivity index is 1.39. The van der Waals surface area contributed by atoms with E-state index in [4.69, 9.17) is 4.42 Å². The number of nitrogens with one attached hydrogen (secondary N) is 1. The fraction of sp³-hybridized carbons (Fsp3) is 0.0526. The number of carbonyl (C=O) groups excluding carboxylic acids is 1. The van der Waals surface area contributed by atoms with Crippen molar-refractivity contribution in [2.75, 3.05) is 0 Å². The SMILES string of the molecule is O=C(Cn1nnc2ccccc21)N/N=C\c1ccc(-c2ccccc2F)o1. The van der Waals surface area contributed by atoms with Gasteiger partial charge < -0.3 is 4.42 Å². The van der Waals surface area contributed by atoms with Gasteiger partial charge in [0.05, 0.1) is 17.3 Å². The van der Waals surface area contributed by atoms with E-state index >= 15 is 0 Å². The maximum atomic E-state index is 13.8. The van der Waals surface area contributed by atoms with Gasteiger partial charge in [-0.05, 0) is 36.4 Å². The summed E-state index contributed by atoms with van der Waals surface area (Å²) < 4.78 is 20.8. The number of fused-ring (bicyclic) bond motifs is 1. The maximum Gasteiger partial charge on any atom is 0.261 e. The van der Waals surface area contributed by atoms with Crippen molar-refractivity contribution in [3.63, 3.8) is 0 Å². The minimum atomic E-state index is -0.372. The Labute approximate surface area is 153 Å². The van der Waals surface area contributed by atoms with Gasteiger partial charge in [-0.2, -0.15) is 5.10 Å². The highest BCUT2D eigenvalue weighted by molar-refractivity contribution is 5.82. The van der Waals surface area contributed by atoms with E-state index < -0.39 is 0 Å². The third-order valence-electron chi connectivity index (χ3n) is 3.86. The van der Waals surface area contributed by atoms with E-state index in [-0.39, 0.29) is 18.3 Å². The van der Waals surface area contributed by atoms with E-state index in [1.165, 1.54) is 17.0 Å². The maximum absolute atomic E-state index is 13.8. The predicted octanol–water partition coefficient (Wildman–Crippen LogP) is 2.98. The molecule has 134 valence electrons. The molecule has 0 aliphatic carbocycles. The van der Waals surface area contributed by atoms with E-state index in [0.717, 1.165) is 5.52 Å². The highest BCUT2D eigenvalue weighted by atomic mass is 19.1. The van der Waals surface area contributed by atoms with Gasteiger partial charge >= 0.3 is 0 Å². The van der Waals surface area contributed by atoms with Crippen LogP contribution in [0.4, 0.5) is 4.39 Å². The number of nitrogens with zero attached hydrogens (tertiary/aromatic N) is 4. The zero-order chi connectivity index (χ0) is 18.6. The highest BCUT2D eigenvalue weighted by Crippen LogP contribution is 2.24. The lowest BCUT2D eigenvalue weighted by Gasteiger charge is -2.00. The van der Waals surface area contributed by atoms with E-state index in [2.05, 4.69) is 20.8 Å². The summed E-state index contributed by atoms with van der Waals surface area (Å²) in [5, 5.41) is 11.8. The number of carbonyl (C=O) groups is 1. The van der Waals surface area contributed by atoms with Crippen LogP contribution in [0.25, 0.3) is 22.4 Å². The molecule has 2 heterocycles. The second kappa shape index (κ2) is 7.20. The smallest absolute Gasteiger partial charge is 0.261 e. The molecular formula is C19H14FN5O2. The third-order valence-corrected chi connectivity index (χ3v) is 3.86. The van der Waals surface area contributed by atoms with Crippen molar-refractivity contribution in [3.05, 3.63) is 72.2 Å². The Morgan fingerprint density at radius 2 is 1.96 bits per heavy atom. The Kier molecular flexibility index (Phi) is 4.44. The largest absolute Gasteiger partial charge is 0.455 e. The molecule has 7 nitrogen and oxygen atoms in total. The number of rotatable bonds is 5. The first-order chi connectivity index (χ1) is 13.2. The fourth-order valence-corrected chi connectivity index (χ4v) is 2.60. The van der Waals surface area contributed by atoms with Gasteiger partial charge in [-0.15, -0.1) is 5.10 Å². The molecule has 0 aliphatic heterocycles. The summed E-state index contributed by atoms with van der Waals surface area (Å²) in [5.74, 6) is 0.0428. The molecular weight excluding hydrogens is 349 g/mol. The lowest BCUT2D eigenvalue weighted by atomic mass is 10.1. The Bertz CT molecular complexity index is 1130. The van der Waals surface area contributed by atoms with Gasteiger partial charge in [0.15, 0.2) is 0 Å². The summed E-state index contributed by atoms with van der Waals surface area (Å²) in [5.41, 5.74) is 4.24. The number of hydrogen-bond acceptors (Lipinski definition) is 5. The topological polar surface area (TPSA) is 85.3 Å². The summed E-state index contributed by atoms with van der Waals surface area (Å²) in [4.78, 5) is 12.0. The molecule has 0 saturated carbocycles. The standard InChI is InChI=1S/C19H14FN5O2/c20-15-6-2-1-5-14(15)18-10-9-13(27-18)11-21-23-19(26)12-25-17-8-4-3-7-16(17)22-24-25/h1-11H,12H2,(H,23,26)/b21-11-. The molecule has 2 aromatic carbocycles. The van der Waals surface area contributed by atoms with E-state index in [1.54, 1.807) is 30.3 Å². The number of hydrazone groups is 1. The van der Waals surface area contributed by atoms with Gasteiger partial charge in [-0.3, -0.25) is 4.79 Å². The van der Waals surface area contributed by atoms with E-state index in [9.17, 15) is 9.18 Å². The minimum Gasteiger partial charge on any atom is -0.455 e. The Morgan fingerprint density at radius 3 is 2.85 bits per heavy atom. The van der Waals surface area contributed by atoms with E-state index in [0.29, 0.717) is 22.6 Å². The molecule has 0 bridgehead atoms. The molecule has 1 amide bonds. The summed E-state index contributed by atoms with van der Waals surface area (Å²) in [6.07, 6.45) is 1.35. The number of halogens is 1. The average Bonchev–Trinajstić information content (AvgIpc) is 3.30. The number of benzene rings is 2. The third kappa shape index (κ3) is 3.59. The van der Waals surface area contributed by atoms with Crippen molar-refractivity contribution < 1.29 is 13.6 Å². The van der Waals surface area contributed by atoms with Crippen LogP contribution in [0.1, 0.15) is 5.76 Å².